The minimum absolute atomic E-state index is 0.390. The van der Waals surface area contributed by atoms with Gasteiger partial charge in [0.15, 0.2) is 0 Å². The molecule has 0 amide bonds. The largest absolute Gasteiger partial charge is 0.310 e. The van der Waals surface area contributed by atoms with Crippen LogP contribution in [0.3, 0.4) is 0 Å². The molecule has 5 heteroatoms. The standard InChI is InChI=1S/C14H27N5/c1-13(14-11-16-18(3)12-14)15-5-4-6-19-9-7-17(2)8-10-19/h11-13,15H,4-10H2,1-3H3. The molecule has 1 atom stereocenters. The zero-order chi connectivity index (χ0) is 13.7. The topological polar surface area (TPSA) is 36.3 Å². The lowest BCUT2D eigenvalue weighted by Gasteiger charge is -2.32. The van der Waals surface area contributed by atoms with Crippen molar-refractivity contribution in [2.75, 3.05) is 46.3 Å². The van der Waals surface area contributed by atoms with E-state index in [2.05, 4.69) is 40.4 Å². The van der Waals surface area contributed by atoms with Gasteiger partial charge < -0.3 is 15.1 Å². The molecule has 0 radical (unpaired) electrons. The highest BCUT2D eigenvalue weighted by molar-refractivity contribution is 5.08. The summed E-state index contributed by atoms with van der Waals surface area (Å²) in [5.74, 6) is 0. The van der Waals surface area contributed by atoms with E-state index in [0.717, 1.165) is 6.54 Å². The molecule has 2 heterocycles. The summed E-state index contributed by atoms with van der Waals surface area (Å²) >= 11 is 0. The monoisotopic (exact) mass is 265 g/mol. The Balaban J connectivity index is 1.59. The van der Waals surface area contributed by atoms with Crippen molar-refractivity contribution in [3.05, 3.63) is 18.0 Å². The van der Waals surface area contributed by atoms with Gasteiger partial charge in [-0.25, -0.2) is 0 Å². The van der Waals surface area contributed by atoms with E-state index in [0.29, 0.717) is 6.04 Å². The van der Waals surface area contributed by atoms with E-state index < -0.39 is 0 Å². The van der Waals surface area contributed by atoms with Crippen LogP contribution in [0.1, 0.15) is 24.9 Å². The summed E-state index contributed by atoms with van der Waals surface area (Å²) < 4.78 is 1.86. The molecule has 0 aliphatic carbocycles. The zero-order valence-corrected chi connectivity index (χ0v) is 12.5. The predicted molar refractivity (Wildman–Crippen MR) is 78.2 cm³/mol. The van der Waals surface area contributed by atoms with Gasteiger partial charge in [0.05, 0.1) is 6.20 Å². The average molecular weight is 265 g/mol. The molecule has 0 bridgehead atoms. The first-order valence-electron chi connectivity index (χ1n) is 7.28. The van der Waals surface area contributed by atoms with Gasteiger partial charge in [-0.05, 0) is 33.5 Å². The van der Waals surface area contributed by atoms with E-state index >= 15 is 0 Å². The maximum absolute atomic E-state index is 4.21. The Morgan fingerprint density at radius 3 is 2.63 bits per heavy atom. The maximum Gasteiger partial charge on any atom is 0.0537 e. The van der Waals surface area contributed by atoms with Crippen molar-refractivity contribution in [1.29, 1.82) is 0 Å². The van der Waals surface area contributed by atoms with Gasteiger partial charge in [-0.2, -0.15) is 5.10 Å². The Morgan fingerprint density at radius 2 is 2.00 bits per heavy atom. The minimum atomic E-state index is 0.390. The van der Waals surface area contributed by atoms with E-state index in [1.165, 1.54) is 44.7 Å². The van der Waals surface area contributed by atoms with Crippen LogP contribution < -0.4 is 5.32 Å². The third-order valence-corrected chi connectivity index (χ3v) is 3.92. The van der Waals surface area contributed by atoms with E-state index in [9.17, 15) is 0 Å². The van der Waals surface area contributed by atoms with Crippen molar-refractivity contribution in [3.63, 3.8) is 0 Å². The highest BCUT2D eigenvalue weighted by atomic mass is 15.2. The Morgan fingerprint density at radius 1 is 1.26 bits per heavy atom. The first-order chi connectivity index (χ1) is 9.15. The molecule has 2 rings (SSSR count). The van der Waals surface area contributed by atoms with Gasteiger partial charge in [0, 0.05) is 51.0 Å². The molecule has 108 valence electrons. The Labute approximate surface area is 116 Å². The molecule has 1 aromatic rings. The van der Waals surface area contributed by atoms with Crippen molar-refractivity contribution < 1.29 is 0 Å². The summed E-state index contributed by atoms with van der Waals surface area (Å²) in [5.41, 5.74) is 1.27. The number of nitrogens with zero attached hydrogens (tertiary/aromatic N) is 4. The maximum atomic E-state index is 4.21. The molecule has 1 aromatic heterocycles. The van der Waals surface area contributed by atoms with Crippen LogP contribution in [0, 0.1) is 0 Å². The van der Waals surface area contributed by atoms with Gasteiger partial charge in [-0.15, -0.1) is 0 Å². The molecule has 0 aromatic carbocycles. The highest BCUT2D eigenvalue weighted by Crippen LogP contribution is 2.10. The molecule has 5 nitrogen and oxygen atoms in total. The number of aromatic nitrogens is 2. The number of nitrogens with one attached hydrogen (secondary N) is 1. The summed E-state index contributed by atoms with van der Waals surface area (Å²) in [4.78, 5) is 4.97. The molecule has 1 fully saturated rings. The van der Waals surface area contributed by atoms with Crippen LogP contribution in [0.2, 0.25) is 0 Å². The summed E-state index contributed by atoms with van der Waals surface area (Å²) in [6, 6.07) is 0.390. The Hall–Kier alpha value is -0.910. The number of piperazine rings is 1. The smallest absolute Gasteiger partial charge is 0.0537 e. The van der Waals surface area contributed by atoms with Crippen molar-refractivity contribution in [2.45, 2.75) is 19.4 Å². The van der Waals surface area contributed by atoms with Crippen LogP contribution in [-0.2, 0) is 7.05 Å². The van der Waals surface area contributed by atoms with Crippen LogP contribution >= 0.6 is 0 Å². The van der Waals surface area contributed by atoms with E-state index in [4.69, 9.17) is 0 Å². The predicted octanol–water partition coefficient (Wildman–Crippen LogP) is 0.708. The van der Waals surface area contributed by atoms with Crippen LogP contribution in [0.25, 0.3) is 0 Å². The van der Waals surface area contributed by atoms with Crippen molar-refractivity contribution in [2.24, 2.45) is 7.05 Å². The molecule has 1 aliphatic rings. The Bertz CT molecular complexity index is 368. The quantitative estimate of drug-likeness (QED) is 0.769. The summed E-state index contributed by atoms with van der Waals surface area (Å²) in [6.45, 7) is 9.33. The third-order valence-electron chi connectivity index (χ3n) is 3.92. The number of hydrogen-bond donors (Lipinski definition) is 1. The number of aryl methyl sites for hydroxylation is 1. The second-order valence-corrected chi connectivity index (χ2v) is 5.62. The molecule has 0 spiro atoms. The lowest BCUT2D eigenvalue weighted by molar-refractivity contribution is 0.152. The average Bonchev–Trinajstić information content (AvgIpc) is 2.83. The van der Waals surface area contributed by atoms with Crippen LogP contribution in [0.5, 0.6) is 0 Å². The normalized spacial score (nSPS) is 19.7. The van der Waals surface area contributed by atoms with Gasteiger partial charge in [0.25, 0.3) is 0 Å². The van der Waals surface area contributed by atoms with Gasteiger partial charge in [-0.1, -0.05) is 0 Å². The fourth-order valence-corrected chi connectivity index (χ4v) is 2.47. The van der Waals surface area contributed by atoms with E-state index in [-0.39, 0.29) is 0 Å². The molecule has 1 aliphatic heterocycles. The fraction of sp³-hybridized carbons (Fsp3) is 0.786. The second kappa shape index (κ2) is 7.03. The summed E-state index contributed by atoms with van der Waals surface area (Å²) in [6.07, 6.45) is 5.24. The highest BCUT2D eigenvalue weighted by Gasteiger charge is 2.13. The fourth-order valence-electron chi connectivity index (χ4n) is 2.47. The van der Waals surface area contributed by atoms with Crippen LogP contribution in [0.4, 0.5) is 0 Å². The molecule has 19 heavy (non-hydrogen) atoms. The number of likely N-dealkylation sites (N-methyl/N-ethyl adjacent to an activating group) is 1. The zero-order valence-electron chi connectivity index (χ0n) is 12.5. The van der Waals surface area contributed by atoms with Gasteiger partial charge in [0.2, 0.25) is 0 Å². The van der Waals surface area contributed by atoms with Crippen molar-refractivity contribution in [3.8, 4) is 0 Å². The SMILES string of the molecule is CC(NCCCN1CCN(C)CC1)c1cnn(C)c1. The second-order valence-electron chi connectivity index (χ2n) is 5.62. The minimum Gasteiger partial charge on any atom is -0.310 e. The van der Waals surface area contributed by atoms with Gasteiger partial charge in [-0.3, -0.25) is 4.68 Å². The Kier molecular flexibility index (Phi) is 5.36. The van der Waals surface area contributed by atoms with Crippen LogP contribution in [0.15, 0.2) is 12.4 Å². The molecule has 0 saturated carbocycles. The van der Waals surface area contributed by atoms with Gasteiger partial charge >= 0.3 is 0 Å². The molecular formula is C14H27N5. The molecular weight excluding hydrogens is 238 g/mol. The number of hydrogen-bond acceptors (Lipinski definition) is 4. The van der Waals surface area contributed by atoms with Crippen molar-refractivity contribution in [1.82, 2.24) is 24.9 Å². The van der Waals surface area contributed by atoms with Crippen LogP contribution in [-0.4, -0.2) is 65.9 Å². The third kappa shape index (κ3) is 4.60. The lowest BCUT2D eigenvalue weighted by Crippen LogP contribution is -2.45. The molecule has 1 saturated heterocycles. The molecule has 1 unspecified atom stereocenters. The molecule has 1 N–H and O–H groups in total. The van der Waals surface area contributed by atoms with E-state index in [1.54, 1.807) is 0 Å². The van der Waals surface area contributed by atoms with Crippen molar-refractivity contribution >= 4 is 0 Å². The van der Waals surface area contributed by atoms with E-state index in [1.807, 2.05) is 17.9 Å². The lowest BCUT2D eigenvalue weighted by atomic mass is 10.2. The summed E-state index contributed by atoms with van der Waals surface area (Å²) in [7, 11) is 4.16. The number of rotatable bonds is 6. The first kappa shape index (κ1) is 14.5. The summed E-state index contributed by atoms with van der Waals surface area (Å²) in [5, 5.41) is 7.78. The first-order valence-corrected chi connectivity index (χ1v) is 7.28. The van der Waals surface area contributed by atoms with Gasteiger partial charge in [0.1, 0.15) is 0 Å².